The first-order valence-electron chi connectivity index (χ1n) is 10.3. The van der Waals surface area contributed by atoms with E-state index in [2.05, 4.69) is 15.8 Å². The quantitative estimate of drug-likeness (QED) is 0.204. The number of halogens is 1. The van der Waals surface area contributed by atoms with Crippen LogP contribution < -0.4 is 20.2 Å². The minimum Gasteiger partial charge on any atom is -0.490 e. The van der Waals surface area contributed by atoms with Crippen LogP contribution in [0.25, 0.3) is 0 Å². The number of amides is 1. The third-order valence-corrected chi connectivity index (χ3v) is 4.77. The van der Waals surface area contributed by atoms with E-state index in [1.807, 2.05) is 38.1 Å². The number of hydrogen-bond donors (Lipinski definition) is 2. The van der Waals surface area contributed by atoms with Crippen molar-refractivity contribution in [3.8, 4) is 11.5 Å². The SMILES string of the molecule is CCOc1cc(C=NNC(=O)CNc2cccc(C)c2)ccc1OC(=O)c1ccccc1Cl. The lowest BCUT2D eigenvalue weighted by atomic mass is 10.2. The van der Waals surface area contributed by atoms with Crippen LogP contribution in [-0.2, 0) is 4.79 Å². The number of benzene rings is 3. The van der Waals surface area contributed by atoms with Crippen molar-refractivity contribution in [3.63, 3.8) is 0 Å². The zero-order valence-electron chi connectivity index (χ0n) is 18.3. The number of esters is 1. The van der Waals surface area contributed by atoms with Crippen LogP contribution in [0, 0.1) is 6.92 Å². The molecule has 3 rings (SSSR count). The molecule has 0 unspecified atom stereocenters. The Bertz CT molecular complexity index is 1160. The standard InChI is InChI=1S/C25H24ClN3O4/c1-3-32-23-14-18(11-12-22(23)33-25(31)20-9-4-5-10-21(20)26)15-28-29-24(30)16-27-19-8-6-7-17(2)13-19/h4-15,27H,3,16H2,1-2H3,(H,29,30). The number of carbonyl (C=O) groups is 2. The molecule has 8 heteroatoms. The van der Waals surface area contributed by atoms with Gasteiger partial charge in [-0.05, 0) is 67.4 Å². The Labute approximate surface area is 197 Å². The van der Waals surface area contributed by atoms with Gasteiger partial charge in [-0.1, -0.05) is 35.9 Å². The first kappa shape index (κ1) is 23.8. The summed E-state index contributed by atoms with van der Waals surface area (Å²) in [6, 6.07) is 19.3. The van der Waals surface area contributed by atoms with Crippen LogP contribution in [-0.4, -0.2) is 31.2 Å². The second kappa shape index (κ2) is 11.7. The monoisotopic (exact) mass is 465 g/mol. The van der Waals surface area contributed by atoms with Gasteiger partial charge in [0.15, 0.2) is 11.5 Å². The molecule has 0 aliphatic heterocycles. The van der Waals surface area contributed by atoms with Crippen molar-refractivity contribution in [1.82, 2.24) is 5.43 Å². The van der Waals surface area contributed by atoms with Gasteiger partial charge in [0, 0.05) is 5.69 Å². The summed E-state index contributed by atoms with van der Waals surface area (Å²) in [5, 5.41) is 7.32. The predicted molar refractivity (Wildman–Crippen MR) is 129 cm³/mol. The molecular weight excluding hydrogens is 442 g/mol. The van der Waals surface area contributed by atoms with Gasteiger partial charge in [0.05, 0.1) is 30.0 Å². The number of nitrogens with zero attached hydrogens (tertiary/aromatic N) is 1. The Morgan fingerprint density at radius 3 is 2.61 bits per heavy atom. The third kappa shape index (κ3) is 7.08. The number of hydrogen-bond acceptors (Lipinski definition) is 6. The lowest BCUT2D eigenvalue weighted by molar-refractivity contribution is -0.119. The molecule has 0 spiro atoms. The second-order valence-corrected chi connectivity index (χ2v) is 7.43. The van der Waals surface area contributed by atoms with Crippen LogP contribution in [0.1, 0.15) is 28.4 Å². The van der Waals surface area contributed by atoms with Gasteiger partial charge in [0.1, 0.15) is 0 Å². The van der Waals surface area contributed by atoms with Crippen molar-refractivity contribution in [2.45, 2.75) is 13.8 Å². The maximum Gasteiger partial charge on any atom is 0.345 e. The third-order valence-electron chi connectivity index (χ3n) is 4.44. The predicted octanol–water partition coefficient (Wildman–Crippen LogP) is 4.83. The van der Waals surface area contributed by atoms with Gasteiger partial charge >= 0.3 is 5.97 Å². The summed E-state index contributed by atoms with van der Waals surface area (Å²) in [4.78, 5) is 24.5. The number of rotatable bonds is 9. The highest BCUT2D eigenvalue weighted by molar-refractivity contribution is 6.33. The van der Waals surface area contributed by atoms with Gasteiger partial charge < -0.3 is 14.8 Å². The van der Waals surface area contributed by atoms with Crippen LogP contribution >= 0.6 is 11.6 Å². The molecule has 0 bridgehead atoms. The highest BCUT2D eigenvalue weighted by atomic mass is 35.5. The summed E-state index contributed by atoms with van der Waals surface area (Å²) in [6.45, 7) is 4.26. The summed E-state index contributed by atoms with van der Waals surface area (Å²) in [7, 11) is 0. The molecule has 0 saturated heterocycles. The van der Waals surface area contributed by atoms with Crippen LogP contribution in [0.3, 0.4) is 0 Å². The van der Waals surface area contributed by atoms with Crippen molar-refractivity contribution in [2.24, 2.45) is 5.10 Å². The first-order valence-corrected chi connectivity index (χ1v) is 10.7. The van der Waals surface area contributed by atoms with E-state index in [0.29, 0.717) is 22.9 Å². The summed E-state index contributed by atoms with van der Waals surface area (Å²) in [5.74, 6) is -0.251. The number of carbonyl (C=O) groups excluding carboxylic acids is 2. The molecular formula is C25H24ClN3O4. The van der Waals surface area contributed by atoms with E-state index in [-0.39, 0.29) is 23.8 Å². The summed E-state index contributed by atoms with van der Waals surface area (Å²) in [6.07, 6.45) is 1.48. The Morgan fingerprint density at radius 2 is 1.85 bits per heavy atom. The van der Waals surface area contributed by atoms with E-state index in [0.717, 1.165) is 11.3 Å². The zero-order chi connectivity index (χ0) is 23.6. The van der Waals surface area contributed by atoms with E-state index in [1.165, 1.54) is 6.21 Å². The molecule has 7 nitrogen and oxygen atoms in total. The van der Waals surface area contributed by atoms with Crippen molar-refractivity contribution in [3.05, 3.63) is 88.4 Å². The van der Waals surface area contributed by atoms with Crippen molar-refractivity contribution in [1.29, 1.82) is 0 Å². The van der Waals surface area contributed by atoms with Gasteiger partial charge in [-0.2, -0.15) is 5.10 Å². The summed E-state index contributed by atoms with van der Waals surface area (Å²) < 4.78 is 11.1. The van der Waals surface area contributed by atoms with Crippen LogP contribution in [0.5, 0.6) is 11.5 Å². The lowest BCUT2D eigenvalue weighted by Crippen LogP contribution is -2.25. The highest BCUT2D eigenvalue weighted by Gasteiger charge is 2.15. The van der Waals surface area contributed by atoms with Crippen LogP contribution in [0.15, 0.2) is 71.8 Å². The minimum atomic E-state index is -0.587. The fraction of sp³-hybridized carbons (Fsp3) is 0.160. The second-order valence-electron chi connectivity index (χ2n) is 7.02. The molecule has 0 aliphatic carbocycles. The van der Waals surface area contributed by atoms with E-state index >= 15 is 0 Å². The molecule has 0 atom stereocenters. The topological polar surface area (TPSA) is 89.0 Å². The molecule has 1 amide bonds. The normalized spacial score (nSPS) is 10.6. The molecule has 0 radical (unpaired) electrons. The Balaban J connectivity index is 1.61. The van der Waals surface area contributed by atoms with Gasteiger partial charge in [-0.15, -0.1) is 0 Å². The molecule has 3 aromatic rings. The van der Waals surface area contributed by atoms with Crippen molar-refractivity contribution < 1.29 is 19.1 Å². The molecule has 2 N–H and O–H groups in total. The molecule has 170 valence electrons. The zero-order valence-corrected chi connectivity index (χ0v) is 19.1. The Morgan fingerprint density at radius 1 is 1.03 bits per heavy atom. The fourth-order valence-electron chi connectivity index (χ4n) is 2.89. The van der Waals surface area contributed by atoms with Crippen molar-refractivity contribution in [2.75, 3.05) is 18.5 Å². The maximum atomic E-state index is 12.5. The van der Waals surface area contributed by atoms with E-state index in [9.17, 15) is 9.59 Å². The molecule has 0 aliphatic rings. The summed E-state index contributed by atoms with van der Waals surface area (Å²) >= 11 is 6.07. The Hall–Kier alpha value is -3.84. The molecule has 0 heterocycles. The fourth-order valence-corrected chi connectivity index (χ4v) is 3.11. The number of nitrogens with one attached hydrogen (secondary N) is 2. The number of aryl methyl sites for hydroxylation is 1. The van der Waals surface area contributed by atoms with E-state index < -0.39 is 5.97 Å². The van der Waals surface area contributed by atoms with E-state index in [1.54, 1.807) is 42.5 Å². The minimum absolute atomic E-state index is 0.0852. The molecule has 33 heavy (non-hydrogen) atoms. The largest absolute Gasteiger partial charge is 0.490 e. The van der Waals surface area contributed by atoms with Crippen LogP contribution in [0.2, 0.25) is 5.02 Å². The highest BCUT2D eigenvalue weighted by Crippen LogP contribution is 2.29. The average Bonchev–Trinajstić information content (AvgIpc) is 2.80. The number of ether oxygens (including phenoxy) is 2. The van der Waals surface area contributed by atoms with Crippen LogP contribution in [0.4, 0.5) is 5.69 Å². The van der Waals surface area contributed by atoms with Gasteiger partial charge in [0.2, 0.25) is 0 Å². The number of hydrazone groups is 1. The maximum absolute atomic E-state index is 12.5. The number of anilines is 1. The summed E-state index contributed by atoms with van der Waals surface area (Å²) in [5.41, 5.74) is 5.34. The van der Waals surface area contributed by atoms with Crippen molar-refractivity contribution >= 4 is 35.4 Å². The van der Waals surface area contributed by atoms with Gasteiger partial charge in [-0.25, -0.2) is 10.2 Å². The first-order chi connectivity index (χ1) is 16.0. The van der Waals surface area contributed by atoms with Gasteiger partial charge in [0.25, 0.3) is 5.91 Å². The lowest BCUT2D eigenvalue weighted by Gasteiger charge is -2.12. The smallest absolute Gasteiger partial charge is 0.345 e. The van der Waals surface area contributed by atoms with E-state index in [4.69, 9.17) is 21.1 Å². The average molecular weight is 466 g/mol. The van der Waals surface area contributed by atoms with Gasteiger partial charge in [-0.3, -0.25) is 4.79 Å². The molecule has 0 fully saturated rings. The molecule has 3 aromatic carbocycles. The molecule has 0 aromatic heterocycles. The Kier molecular flexibility index (Phi) is 8.43. The molecule has 0 saturated carbocycles.